The maximum atomic E-state index is 12.8. The molecule has 0 rings (SSSR count). The number of unbranched alkanes of at least 4 members (excludes halogenated alkanes) is 22. The number of hydrogen-bond donors (Lipinski definition) is 1. The van der Waals surface area contributed by atoms with Gasteiger partial charge in [-0.2, -0.15) is 0 Å². The standard InChI is InChI=1S/C62H108NO8P/c1-6-8-10-12-14-16-18-20-22-24-25-26-27-28-29-30-31-32-33-34-35-36-37-39-41-43-45-47-49-51-53-55-62(65)71-60(59-70-72(66,67)69-57-56-63(3,4)5)58-68-61(64)54-52-50-48-46-44-42-40-38-23-21-19-17-15-13-11-9-7-2/h8,10,14,16,20-23,25-26,28-29,31-32,34-35,60H,6-7,9,11-13,15,17-19,24,27,30,33,36-59H2,1-5H3/p+1/b10-8-,16-14-,22-20-,23-21-,26-25-,29-28-,32-31-,35-34-. The van der Waals surface area contributed by atoms with Gasteiger partial charge in [0, 0.05) is 12.8 Å². The van der Waals surface area contributed by atoms with Crippen molar-refractivity contribution in [1.29, 1.82) is 0 Å². The average Bonchev–Trinajstić information content (AvgIpc) is 3.34. The van der Waals surface area contributed by atoms with E-state index < -0.39 is 26.5 Å². The number of allylic oxidation sites excluding steroid dienone is 16. The Labute approximate surface area is 443 Å². The zero-order valence-corrected chi connectivity index (χ0v) is 47.8. The van der Waals surface area contributed by atoms with Crippen LogP contribution in [0.15, 0.2) is 97.2 Å². The minimum Gasteiger partial charge on any atom is -0.462 e. The second kappa shape index (κ2) is 52.8. The highest BCUT2D eigenvalue weighted by Gasteiger charge is 2.27. The zero-order valence-electron chi connectivity index (χ0n) is 46.9. The second-order valence-electron chi connectivity index (χ2n) is 20.3. The number of quaternary nitrogens is 1. The van der Waals surface area contributed by atoms with Gasteiger partial charge in [-0.05, 0) is 96.3 Å². The molecule has 9 nitrogen and oxygen atoms in total. The van der Waals surface area contributed by atoms with Crippen LogP contribution in [0, 0.1) is 0 Å². The lowest BCUT2D eigenvalue weighted by Gasteiger charge is -2.24. The molecule has 1 N–H and O–H groups in total. The van der Waals surface area contributed by atoms with Crippen molar-refractivity contribution in [1.82, 2.24) is 0 Å². The lowest BCUT2D eigenvalue weighted by Crippen LogP contribution is -2.37. The molecular formula is C62H109NO8P+. The summed E-state index contributed by atoms with van der Waals surface area (Å²) in [5, 5.41) is 0. The number of carbonyl (C=O) groups excluding carboxylic acids is 2. The summed E-state index contributed by atoms with van der Waals surface area (Å²) < 4.78 is 34.5. The Bertz CT molecular complexity index is 1540. The van der Waals surface area contributed by atoms with Gasteiger partial charge in [0.25, 0.3) is 0 Å². The van der Waals surface area contributed by atoms with Crippen LogP contribution < -0.4 is 0 Å². The Morgan fingerprint density at radius 3 is 1.19 bits per heavy atom. The number of carbonyl (C=O) groups is 2. The van der Waals surface area contributed by atoms with E-state index in [1.165, 1.54) is 96.3 Å². The van der Waals surface area contributed by atoms with Gasteiger partial charge in [-0.25, -0.2) is 4.57 Å². The summed E-state index contributed by atoms with van der Waals surface area (Å²) in [5.41, 5.74) is 0. The number of likely N-dealkylation sites (N-methyl/N-ethyl adjacent to an activating group) is 1. The fourth-order valence-electron chi connectivity index (χ4n) is 7.64. The van der Waals surface area contributed by atoms with E-state index in [0.29, 0.717) is 17.4 Å². The van der Waals surface area contributed by atoms with E-state index in [0.717, 1.165) is 103 Å². The lowest BCUT2D eigenvalue weighted by atomic mass is 10.1. The van der Waals surface area contributed by atoms with E-state index in [2.05, 4.69) is 111 Å². The van der Waals surface area contributed by atoms with Crippen LogP contribution in [0.5, 0.6) is 0 Å². The van der Waals surface area contributed by atoms with Crippen LogP contribution in [0.2, 0.25) is 0 Å². The molecule has 0 aromatic carbocycles. The first kappa shape index (κ1) is 68.9. The Morgan fingerprint density at radius 1 is 0.444 bits per heavy atom. The predicted molar refractivity (Wildman–Crippen MR) is 307 cm³/mol. The van der Waals surface area contributed by atoms with Crippen molar-refractivity contribution in [3.63, 3.8) is 0 Å². The first-order valence-corrected chi connectivity index (χ1v) is 30.5. The molecule has 0 aliphatic rings. The largest absolute Gasteiger partial charge is 0.472 e. The molecule has 0 aromatic rings. The summed E-state index contributed by atoms with van der Waals surface area (Å²) in [5.74, 6) is -0.811. The number of hydrogen-bond acceptors (Lipinski definition) is 7. The SMILES string of the molecule is CC/C=C\C/C=C\C/C=C\C/C=C\C/C=C\C/C=C\C/C=C\CCCCCCCCCCCC(=O)OC(COC(=O)CCCCCCCCC/C=C\CCCCCCCC)COP(=O)(O)OCC[N+](C)(C)C. The minimum atomic E-state index is -4.39. The monoisotopic (exact) mass is 1030 g/mol. The maximum absolute atomic E-state index is 12.8. The summed E-state index contributed by atoms with van der Waals surface area (Å²) in [6.07, 6.45) is 71.8. The molecule has 0 aromatic heterocycles. The van der Waals surface area contributed by atoms with E-state index in [1.54, 1.807) is 0 Å². The summed E-state index contributed by atoms with van der Waals surface area (Å²) in [6.45, 7) is 4.30. The molecule has 0 spiro atoms. The molecule has 0 fully saturated rings. The first-order chi connectivity index (χ1) is 35.0. The molecular weight excluding hydrogens is 918 g/mol. The van der Waals surface area contributed by atoms with Gasteiger partial charge in [-0.1, -0.05) is 220 Å². The van der Waals surface area contributed by atoms with E-state index in [9.17, 15) is 19.0 Å². The van der Waals surface area contributed by atoms with E-state index >= 15 is 0 Å². The molecule has 10 heteroatoms. The topological polar surface area (TPSA) is 108 Å². The van der Waals surface area contributed by atoms with Crippen LogP contribution in [0.3, 0.4) is 0 Å². The highest BCUT2D eigenvalue weighted by Crippen LogP contribution is 2.43. The van der Waals surface area contributed by atoms with E-state index in [4.69, 9.17) is 18.5 Å². The number of rotatable bonds is 52. The Hall–Kier alpha value is -3.07. The Kier molecular flexibility index (Phi) is 50.5. The highest BCUT2D eigenvalue weighted by molar-refractivity contribution is 7.47. The molecule has 0 saturated heterocycles. The van der Waals surface area contributed by atoms with E-state index in [-0.39, 0.29) is 32.0 Å². The molecule has 0 aliphatic heterocycles. The average molecular weight is 1030 g/mol. The normalized spacial score (nSPS) is 14.0. The van der Waals surface area contributed by atoms with Gasteiger partial charge >= 0.3 is 19.8 Å². The maximum Gasteiger partial charge on any atom is 0.472 e. The molecule has 0 amide bonds. The summed E-state index contributed by atoms with van der Waals surface area (Å²) in [7, 11) is 1.46. The van der Waals surface area contributed by atoms with Crippen LogP contribution in [0.1, 0.15) is 232 Å². The summed E-state index contributed by atoms with van der Waals surface area (Å²) in [4.78, 5) is 35.7. The van der Waals surface area contributed by atoms with Crippen molar-refractivity contribution >= 4 is 19.8 Å². The van der Waals surface area contributed by atoms with Crippen LogP contribution >= 0.6 is 7.82 Å². The zero-order chi connectivity index (χ0) is 52.7. The van der Waals surface area contributed by atoms with Crippen LogP contribution in [-0.4, -0.2) is 74.9 Å². The molecule has 0 aliphatic carbocycles. The molecule has 2 unspecified atom stereocenters. The number of esters is 2. The van der Waals surface area contributed by atoms with Gasteiger partial charge in [0.15, 0.2) is 6.10 Å². The third kappa shape index (κ3) is 56.2. The highest BCUT2D eigenvalue weighted by atomic mass is 31.2. The van der Waals surface area contributed by atoms with Crippen LogP contribution in [0.4, 0.5) is 0 Å². The first-order valence-electron chi connectivity index (χ1n) is 29.0. The van der Waals surface area contributed by atoms with Gasteiger partial charge in [-0.3, -0.25) is 18.6 Å². The van der Waals surface area contributed by atoms with Gasteiger partial charge < -0.3 is 18.9 Å². The number of ether oxygens (including phenoxy) is 2. The van der Waals surface area contributed by atoms with Crippen LogP contribution in [0.25, 0.3) is 0 Å². The third-order valence-corrected chi connectivity index (χ3v) is 13.1. The molecule has 0 heterocycles. The third-order valence-electron chi connectivity index (χ3n) is 12.1. The van der Waals surface area contributed by atoms with Crippen molar-refractivity contribution in [3.05, 3.63) is 97.2 Å². The molecule has 72 heavy (non-hydrogen) atoms. The number of nitrogens with zero attached hydrogens (tertiary/aromatic N) is 1. The smallest absolute Gasteiger partial charge is 0.462 e. The van der Waals surface area contributed by atoms with Gasteiger partial charge in [0.05, 0.1) is 27.7 Å². The second-order valence-corrected chi connectivity index (χ2v) is 21.7. The van der Waals surface area contributed by atoms with Crippen LogP contribution in [-0.2, 0) is 32.7 Å². The Morgan fingerprint density at radius 2 is 0.792 bits per heavy atom. The van der Waals surface area contributed by atoms with Gasteiger partial charge in [0.1, 0.15) is 19.8 Å². The van der Waals surface area contributed by atoms with Crippen molar-refractivity contribution in [2.75, 3.05) is 47.5 Å². The quantitative estimate of drug-likeness (QED) is 0.0211. The molecule has 2 atom stereocenters. The lowest BCUT2D eigenvalue weighted by molar-refractivity contribution is -0.870. The number of phosphoric ester groups is 1. The fraction of sp³-hybridized carbons (Fsp3) is 0.710. The predicted octanol–water partition coefficient (Wildman–Crippen LogP) is 18.0. The van der Waals surface area contributed by atoms with E-state index in [1.807, 2.05) is 21.1 Å². The number of phosphoric acid groups is 1. The molecule has 414 valence electrons. The fourth-order valence-corrected chi connectivity index (χ4v) is 8.38. The van der Waals surface area contributed by atoms with Crippen molar-refractivity contribution in [2.24, 2.45) is 0 Å². The summed E-state index contributed by atoms with van der Waals surface area (Å²) >= 11 is 0. The summed E-state index contributed by atoms with van der Waals surface area (Å²) in [6, 6.07) is 0. The van der Waals surface area contributed by atoms with Crippen molar-refractivity contribution < 1.29 is 42.1 Å². The minimum absolute atomic E-state index is 0.0257. The Balaban J connectivity index is 4.19. The van der Waals surface area contributed by atoms with Crippen molar-refractivity contribution in [3.8, 4) is 0 Å². The molecule has 0 saturated carbocycles. The van der Waals surface area contributed by atoms with Gasteiger partial charge in [0.2, 0.25) is 0 Å². The molecule has 0 bridgehead atoms. The van der Waals surface area contributed by atoms with Gasteiger partial charge in [-0.15, -0.1) is 0 Å². The van der Waals surface area contributed by atoms with Crippen molar-refractivity contribution in [2.45, 2.75) is 238 Å². The molecule has 0 radical (unpaired) electrons.